The molecule has 0 spiro atoms. The highest BCUT2D eigenvalue weighted by Crippen LogP contribution is 2.09. The second-order valence-electron chi connectivity index (χ2n) is 3.59. The summed E-state index contributed by atoms with van der Waals surface area (Å²) in [5, 5.41) is 3.25. The lowest BCUT2D eigenvalue weighted by molar-refractivity contribution is 0.485. The van der Waals surface area contributed by atoms with Gasteiger partial charge in [0.25, 0.3) is 0 Å². The summed E-state index contributed by atoms with van der Waals surface area (Å²) in [5.74, 6) is 1.92. The first-order chi connectivity index (χ1) is 6.08. The van der Waals surface area contributed by atoms with Crippen LogP contribution < -0.4 is 5.32 Å². The molecule has 13 heavy (non-hydrogen) atoms. The molecule has 2 nitrogen and oxygen atoms in total. The van der Waals surface area contributed by atoms with Gasteiger partial charge >= 0.3 is 0 Å². The maximum absolute atomic E-state index is 5.43. The average Bonchev–Trinajstić information content (AvgIpc) is 2.33. The third-order valence-corrected chi connectivity index (χ3v) is 1.68. The van der Waals surface area contributed by atoms with E-state index >= 15 is 0 Å². The average molecular weight is 179 g/mol. The predicted molar refractivity (Wildman–Crippen MR) is 54.6 cm³/mol. The van der Waals surface area contributed by atoms with Crippen LogP contribution in [0.25, 0.3) is 0 Å². The molecule has 0 bridgehead atoms. The van der Waals surface area contributed by atoms with Gasteiger partial charge in [-0.1, -0.05) is 6.58 Å². The highest BCUT2D eigenvalue weighted by atomic mass is 16.3. The largest absolute Gasteiger partial charge is 0.466 e. The van der Waals surface area contributed by atoms with Gasteiger partial charge in [-0.2, -0.15) is 0 Å². The molecule has 0 radical (unpaired) electrons. The molecule has 1 rings (SSSR count). The molecule has 0 atom stereocenters. The van der Waals surface area contributed by atoms with E-state index in [1.165, 1.54) is 0 Å². The minimum absolute atomic E-state index is 0.434. The minimum Gasteiger partial charge on any atom is -0.466 e. The summed E-state index contributed by atoms with van der Waals surface area (Å²) in [4.78, 5) is 0. The van der Waals surface area contributed by atoms with E-state index in [1.807, 2.05) is 19.1 Å². The van der Waals surface area contributed by atoms with E-state index in [2.05, 4.69) is 25.7 Å². The molecule has 0 aliphatic rings. The van der Waals surface area contributed by atoms with Gasteiger partial charge in [0, 0.05) is 18.2 Å². The Labute approximate surface area is 79.6 Å². The van der Waals surface area contributed by atoms with E-state index < -0.39 is 0 Å². The van der Waals surface area contributed by atoms with E-state index in [1.54, 1.807) is 0 Å². The quantitative estimate of drug-likeness (QED) is 0.768. The van der Waals surface area contributed by atoms with Gasteiger partial charge in [0.2, 0.25) is 0 Å². The summed E-state index contributed by atoms with van der Waals surface area (Å²) in [5.41, 5.74) is 1.00. The molecule has 0 aliphatic carbocycles. The van der Waals surface area contributed by atoms with Crippen LogP contribution in [0.4, 0.5) is 0 Å². The third-order valence-electron chi connectivity index (χ3n) is 1.68. The molecule has 1 aromatic heterocycles. The number of hydrogen-bond donors (Lipinski definition) is 1. The summed E-state index contributed by atoms with van der Waals surface area (Å²) >= 11 is 0. The lowest BCUT2D eigenvalue weighted by Crippen LogP contribution is -2.22. The minimum atomic E-state index is 0.434. The second-order valence-corrected chi connectivity index (χ2v) is 3.59. The number of nitrogens with one attached hydrogen (secondary N) is 1. The summed E-state index contributed by atoms with van der Waals surface area (Å²) in [6, 6.07) is 4.39. The Morgan fingerprint density at radius 3 is 2.69 bits per heavy atom. The van der Waals surface area contributed by atoms with Gasteiger partial charge in [-0.3, -0.25) is 0 Å². The van der Waals surface area contributed by atoms with E-state index in [-0.39, 0.29) is 0 Å². The Morgan fingerprint density at radius 2 is 2.23 bits per heavy atom. The van der Waals surface area contributed by atoms with Crippen molar-refractivity contribution in [3.63, 3.8) is 0 Å². The number of furan rings is 1. The van der Waals surface area contributed by atoms with Crippen molar-refractivity contribution in [1.29, 1.82) is 0 Å². The van der Waals surface area contributed by atoms with Crippen LogP contribution in [0.5, 0.6) is 0 Å². The summed E-state index contributed by atoms with van der Waals surface area (Å²) in [6.07, 6.45) is 0.770. The van der Waals surface area contributed by atoms with Crippen molar-refractivity contribution in [2.75, 3.05) is 0 Å². The van der Waals surface area contributed by atoms with Crippen molar-refractivity contribution in [2.45, 2.75) is 33.2 Å². The zero-order valence-corrected chi connectivity index (χ0v) is 8.55. The van der Waals surface area contributed by atoms with Crippen LogP contribution in [0.2, 0.25) is 0 Å². The van der Waals surface area contributed by atoms with Crippen LogP contribution in [0.1, 0.15) is 25.4 Å². The maximum atomic E-state index is 5.43. The lowest BCUT2D eigenvalue weighted by Gasteiger charge is -2.11. The van der Waals surface area contributed by atoms with Crippen molar-refractivity contribution in [3.8, 4) is 0 Å². The molecule has 1 heterocycles. The van der Waals surface area contributed by atoms with Crippen molar-refractivity contribution >= 4 is 0 Å². The monoisotopic (exact) mass is 179 g/mol. The zero-order valence-electron chi connectivity index (χ0n) is 8.55. The fraction of sp³-hybridized carbons (Fsp3) is 0.455. The van der Waals surface area contributed by atoms with Crippen LogP contribution in [-0.4, -0.2) is 6.04 Å². The van der Waals surface area contributed by atoms with Gasteiger partial charge in [-0.25, -0.2) is 0 Å². The molecule has 0 amide bonds. The van der Waals surface area contributed by atoms with Crippen LogP contribution in [0.3, 0.4) is 0 Å². The van der Waals surface area contributed by atoms with Crippen molar-refractivity contribution in [1.82, 2.24) is 5.32 Å². The predicted octanol–water partition coefficient (Wildman–Crippen LogP) is 2.64. The Kier molecular flexibility index (Phi) is 3.18. The normalized spacial score (nSPS) is 10.5. The number of rotatable bonds is 4. The standard InChI is InChI=1S/C11H17NO/c1-8(2)12-9(3)7-11-6-5-10(4)13-11/h5-6,8,12H,3,7H2,1-2,4H3. The second kappa shape index (κ2) is 4.17. The van der Waals surface area contributed by atoms with Crippen molar-refractivity contribution in [3.05, 3.63) is 35.9 Å². The van der Waals surface area contributed by atoms with E-state index in [0.717, 1.165) is 23.6 Å². The summed E-state index contributed by atoms with van der Waals surface area (Å²) < 4.78 is 5.43. The van der Waals surface area contributed by atoms with Crippen molar-refractivity contribution < 1.29 is 4.42 Å². The fourth-order valence-corrected chi connectivity index (χ4v) is 1.25. The topological polar surface area (TPSA) is 25.2 Å². The molecule has 0 aliphatic heterocycles. The molecule has 0 unspecified atom stereocenters. The fourth-order valence-electron chi connectivity index (χ4n) is 1.25. The van der Waals surface area contributed by atoms with Gasteiger partial charge in [0.05, 0.1) is 0 Å². The highest BCUT2D eigenvalue weighted by Gasteiger charge is 2.02. The van der Waals surface area contributed by atoms with Crippen molar-refractivity contribution in [2.24, 2.45) is 0 Å². The van der Waals surface area contributed by atoms with Crippen LogP contribution in [0, 0.1) is 6.92 Å². The Morgan fingerprint density at radius 1 is 1.54 bits per heavy atom. The zero-order chi connectivity index (χ0) is 9.84. The van der Waals surface area contributed by atoms with Gasteiger partial charge in [0.15, 0.2) is 0 Å². The lowest BCUT2D eigenvalue weighted by atomic mass is 10.2. The van der Waals surface area contributed by atoms with Crippen LogP contribution in [0.15, 0.2) is 28.8 Å². The summed E-state index contributed by atoms with van der Waals surface area (Å²) in [6.45, 7) is 10.1. The molecule has 0 saturated carbocycles. The van der Waals surface area contributed by atoms with Crippen LogP contribution in [-0.2, 0) is 6.42 Å². The van der Waals surface area contributed by atoms with E-state index in [9.17, 15) is 0 Å². The van der Waals surface area contributed by atoms with Gasteiger partial charge in [-0.15, -0.1) is 0 Å². The SMILES string of the molecule is C=C(Cc1ccc(C)o1)NC(C)C. The molecule has 1 aromatic rings. The number of allylic oxidation sites excluding steroid dienone is 1. The molecular formula is C11H17NO. The van der Waals surface area contributed by atoms with Crippen LogP contribution >= 0.6 is 0 Å². The van der Waals surface area contributed by atoms with E-state index in [0.29, 0.717) is 6.04 Å². The molecule has 1 N–H and O–H groups in total. The number of hydrogen-bond acceptors (Lipinski definition) is 2. The molecule has 2 heteroatoms. The Bertz CT molecular complexity index is 286. The summed E-state index contributed by atoms with van der Waals surface area (Å²) in [7, 11) is 0. The molecule has 0 saturated heterocycles. The maximum Gasteiger partial charge on any atom is 0.109 e. The first-order valence-corrected chi connectivity index (χ1v) is 4.57. The first-order valence-electron chi connectivity index (χ1n) is 4.57. The molecular weight excluding hydrogens is 162 g/mol. The Balaban J connectivity index is 2.45. The third kappa shape index (κ3) is 3.36. The molecule has 0 fully saturated rings. The smallest absolute Gasteiger partial charge is 0.109 e. The molecule has 0 aromatic carbocycles. The van der Waals surface area contributed by atoms with E-state index in [4.69, 9.17) is 4.42 Å². The van der Waals surface area contributed by atoms with Gasteiger partial charge in [0.1, 0.15) is 11.5 Å². The molecule has 72 valence electrons. The van der Waals surface area contributed by atoms with Gasteiger partial charge < -0.3 is 9.73 Å². The first kappa shape index (κ1) is 9.90. The van der Waals surface area contributed by atoms with Gasteiger partial charge in [-0.05, 0) is 32.9 Å². The Hall–Kier alpha value is -1.18. The number of aryl methyl sites for hydroxylation is 1. The highest BCUT2D eigenvalue weighted by molar-refractivity contribution is 5.12.